The molecule has 0 saturated carbocycles. The molecule has 104 valence electrons. The maximum atomic E-state index is 12.1. The molecule has 0 radical (unpaired) electrons. The Hall–Kier alpha value is -2.10. The first-order chi connectivity index (χ1) is 9.63. The van der Waals surface area contributed by atoms with E-state index in [1.165, 1.54) is 16.7 Å². The SMILES string of the molecule is Cc1ccc2c(c1)[C@@H](NC(=O)Cn1ccnc1)[C@H](C)C2. The molecule has 20 heavy (non-hydrogen) atoms. The lowest BCUT2D eigenvalue weighted by Gasteiger charge is -2.19. The van der Waals surface area contributed by atoms with Gasteiger partial charge in [0.15, 0.2) is 0 Å². The van der Waals surface area contributed by atoms with E-state index in [2.05, 4.69) is 42.3 Å². The van der Waals surface area contributed by atoms with Crippen molar-refractivity contribution in [3.8, 4) is 0 Å². The molecule has 4 heteroatoms. The van der Waals surface area contributed by atoms with Crippen molar-refractivity contribution >= 4 is 5.91 Å². The van der Waals surface area contributed by atoms with E-state index in [1.807, 2.05) is 0 Å². The summed E-state index contributed by atoms with van der Waals surface area (Å²) in [4.78, 5) is 16.1. The maximum Gasteiger partial charge on any atom is 0.240 e. The highest BCUT2D eigenvalue weighted by Crippen LogP contribution is 2.36. The van der Waals surface area contributed by atoms with E-state index in [0.29, 0.717) is 12.5 Å². The molecule has 0 unspecified atom stereocenters. The van der Waals surface area contributed by atoms with Crippen molar-refractivity contribution in [2.45, 2.75) is 32.9 Å². The van der Waals surface area contributed by atoms with Crippen LogP contribution in [0.25, 0.3) is 0 Å². The van der Waals surface area contributed by atoms with Gasteiger partial charge < -0.3 is 9.88 Å². The molecule has 0 aliphatic heterocycles. The second-order valence-corrected chi connectivity index (χ2v) is 5.66. The van der Waals surface area contributed by atoms with Gasteiger partial charge in [-0.3, -0.25) is 4.79 Å². The van der Waals surface area contributed by atoms with Gasteiger partial charge in [-0.15, -0.1) is 0 Å². The molecule has 0 bridgehead atoms. The third-order valence-corrected chi connectivity index (χ3v) is 3.95. The Balaban J connectivity index is 1.74. The van der Waals surface area contributed by atoms with Crippen LogP contribution in [0.4, 0.5) is 0 Å². The summed E-state index contributed by atoms with van der Waals surface area (Å²) < 4.78 is 1.78. The lowest BCUT2D eigenvalue weighted by atomic mass is 10.0. The molecule has 0 fully saturated rings. The van der Waals surface area contributed by atoms with Gasteiger partial charge in [-0.05, 0) is 30.4 Å². The zero-order chi connectivity index (χ0) is 14.1. The first kappa shape index (κ1) is 12.9. The molecule has 1 aliphatic rings. The van der Waals surface area contributed by atoms with Gasteiger partial charge in [-0.25, -0.2) is 4.98 Å². The average molecular weight is 269 g/mol. The summed E-state index contributed by atoms with van der Waals surface area (Å²) in [6.45, 7) is 4.61. The fraction of sp³-hybridized carbons (Fsp3) is 0.375. The number of rotatable bonds is 3. The van der Waals surface area contributed by atoms with E-state index in [1.54, 1.807) is 23.3 Å². The van der Waals surface area contributed by atoms with Crippen molar-refractivity contribution in [1.29, 1.82) is 0 Å². The first-order valence-electron chi connectivity index (χ1n) is 6.98. The third-order valence-electron chi connectivity index (χ3n) is 3.95. The van der Waals surface area contributed by atoms with Crippen molar-refractivity contribution in [1.82, 2.24) is 14.9 Å². The Bertz CT molecular complexity index is 619. The molecule has 2 aromatic rings. The molecule has 1 aliphatic carbocycles. The fourth-order valence-corrected chi connectivity index (χ4v) is 2.95. The Morgan fingerprint density at radius 2 is 2.35 bits per heavy atom. The molecule has 1 amide bonds. The topological polar surface area (TPSA) is 46.9 Å². The van der Waals surface area contributed by atoms with Crippen LogP contribution in [0.5, 0.6) is 0 Å². The largest absolute Gasteiger partial charge is 0.347 e. The molecule has 4 nitrogen and oxygen atoms in total. The number of amides is 1. The summed E-state index contributed by atoms with van der Waals surface area (Å²) >= 11 is 0. The number of aromatic nitrogens is 2. The summed E-state index contributed by atoms with van der Waals surface area (Å²) in [6, 6.07) is 6.65. The minimum atomic E-state index is 0.0363. The lowest BCUT2D eigenvalue weighted by molar-refractivity contribution is -0.122. The van der Waals surface area contributed by atoms with E-state index in [0.717, 1.165) is 6.42 Å². The van der Waals surface area contributed by atoms with E-state index < -0.39 is 0 Å². The lowest BCUT2D eigenvalue weighted by Crippen LogP contribution is -2.33. The van der Waals surface area contributed by atoms with Crippen LogP contribution in [-0.2, 0) is 17.8 Å². The zero-order valence-electron chi connectivity index (χ0n) is 11.8. The molecule has 2 atom stereocenters. The number of aryl methyl sites for hydroxylation is 1. The quantitative estimate of drug-likeness (QED) is 0.929. The number of hydrogen-bond acceptors (Lipinski definition) is 2. The molecule has 3 rings (SSSR count). The van der Waals surface area contributed by atoms with Crippen molar-refractivity contribution in [2.24, 2.45) is 5.92 Å². The van der Waals surface area contributed by atoms with Gasteiger partial charge >= 0.3 is 0 Å². The minimum absolute atomic E-state index is 0.0363. The van der Waals surface area contributed by atoms with Gasteiger partial charge in [0.2, 0.25) is 5.91 Å². The number of fused-ring (bicyclic) bond motifs is 1. The molecule has 1 aromatic heterocycles. The summed E-state index contributed by atoms with van der Waals surface area (Å²) in [5.74, 6) is 0.479. The van der Waals surface area contributed by atoms with Crippen LogP contribution in [0, 0.1) is 12.8 Å². The fourth-order valence-electron chi connectivity index (χ4n) is 2.95. The summed E-state index contributed by atoms with van der Waals surface area (Å²) in [5.41, 5.74) is 3.87. The number of carbonyl (C=O) groups is 1. The molecule has 1 aromatic carbocycles. The van der Waals surface area contributed by atoms with Crippen LogP contribution in [0.1, 0.15) is 29.7 Å². The van der Waals surface area contributed by atoms with Gasteiger partial charge in [0.25, 0.3) is 0 Å². The normalized spacial score (nSPS) is 20.7. The summed E-state index contributed by atoms with van der Waals surface area (Å²) in [7, 11) is 0. The van der Waals surface area contributed by atoms with Crippen molar-refractivity contribution in [3.63, 3.8) is 0 Å². The standard InChI is InChI=1S/C16H19N3O/c1-11-3-4-13-8-12(2)16(14(13)7-11)18-15(20)9-19-6-5-17-10-19/h3-7,10,12,16H,8-9H2,1-2H3,(H,18,20)/t12-,16+/m1/s1. The Kier molecular flexibility index (Phi) is 3.30. The molecule has 1 heterocycles. The van der Waals surface area contributed by atoms with E-state index in [4.69, 9.17) is 0 Å². The molecular formula is C16H19N3O. The molecule has 0 saturated heterocycles. The Morgan fingerprint density at radius 1 is 1.50 bits per heavy atom. The highest BCUT2D eigenvalue weighted by atomic mass is 16.2. The first-order valence-corrected chi connectivity index (χ1v) is 6.98. The highest BCUT2D eigenvalue weighted by molar-refractivity contribution is 5.76. The van der Waals surface area contributed by atoms with Crippen LogP contribution in [-0.4, -0.2) is 15.5 Å². The van der Waals surface area contributed by atoms with Crippen molar-refractivity contribution in [2.75, 3.05) is 0 Å². The van der Waals surface area contributed by atoms with Crippen molar-refractivity contribution in [3.05, 3.63) is 53.6 Å². The second kappa shape index (κ2) is 5.12. The minimum Gasteiger partial charge on any atom is -0.347 e. The highest BCUT2D eigenvalue weighted by Gasteiger charge is 2.30. The van der Waals surface area contributed by atoms with Gasteiger partial charge in [-0.2, -0.15) is 0 Å². The number of carbonyl (C=O) groups excluding carboxylic acids is 1. The van der Waals surface area contributed by atoms with E-state index >= 15 is 0 Å². The Morgan fingerprint density at radius 3 is 3.10 bits per heavy atom. The number of nitrogens with zero attached hydrogens (tertiary/aromatic N) is 2. The van der Waals surface area contributed by atoms with Crippen LogP contribution < -0.4 is 5.32 Å². The maximum absolute atomic E-state index is 12.1. The van der Waals surface area contributed by atoms with Gasteiger partial charge in [0, 0.05) is 12.4 Å². The summed E-state index contributed by atoms with van der Waals surface area (Å²) in [6.07, 6.45) is 6.18. The predicted molar refractivity (Wildman–Crippen MR) is 77.2 cm³/mol. The number of imidazole rings is 1. The van der Waals surface area contributed by atoms with Crippen molar-refractivity contribution < 1.29 is 4.79 Å². The number of hydrogen-bond donors (Lipinski definition) is 1. The summed E-state index contributed by atoms with van der Waals surface area (Å²) in [5, 5.41) is 3.16. The predicted octanol–water partition coefficient (Wildman–Crippen LogP) is 2.24. The van der Waals surface area contributed by atoms with E-state index in [9.17, 15) is 4.79 Å². The van der Waals surface area contributed by atoms with Gasteiger partial charge in [0.1, 0.15) is 6.54 Å². The second-order valence-electron chi connectivity index (χ2n) is 5.66. The average Bonchev–Trinajstić information content (AvgIpc) is 3.00. The number of nitrogens with one attached hydrogen (secondary N) is 1. The Labute approximate surface area is 118 Å². The van der Waals surface area contributed by atoms with Crippen LogP contribution in [0.2, 0.25) is 0 Å². The van der Waals surface area contributed by atoms with E-state index in [-0.39, 0.29) is 11.9 Å². The molecule has 1 N–H and O–H groups in total. The van der Waals surface area contributed by atoms with Crippen LogP contribution in [0.3, 0.4) is 0 Å². The monoisotopic (exact) mass is 269 g/mol. The smallest absolute Gasteiger partial charge is 0.240 e. The molecule has 0 spiro atoms. The molecular weight excluding hydrogens is 250 g/mol. The van der Waals surface area contributed by atoms with Crippen LogP contribution in [0.15, 0.2) is 36.9 Å². The van der Waals surface area contributed by atoms with Gasteiger partial charge in [-0.1, -0.05) is 30.7 Å². The zero-order valence-corrected chi connectivity index (χ0v) is 11.8. The van der Waals surface area contributed by atoms with Gasteiger partial charge in [0.05, 0.1) is 12.4 Å². The third kappa shape index (κ3) is 2.46. The number of benzene rings is 1. The van der Waals surface area contributed by atoms with Crippen LogP contribution >= 0.6 is 0 Å².